The van der Waals surface area contributed by atoms with E-state index in [4.69, 9.17) is 9.15 Å². The van der Waals surface area contributed by atoms with Gasteiger partial charge in [0, 0.05) is 35.7 Å². The maximum absolute atomic E-state index is 12.2. The molecule has 1 aromatic carbocycles. The number of amides is 1. The maximum atomic E-state index is 12.2. The number of oxazole rings is 1. The predicted molar refractivity (Wildman–Crippen MR) is 102 cm³/mol. The third kappa shape index (κ3) is 4.53. The molecule has 6 heteroatoms. The Morgan fingerprint density at radius 3 is 2.67 bits per heavy atom. The van der Waals surface area contributed by atoms with Gasteiger partial charge in [-0.25, -0.2) is 4.98 Å². The van der Waals surface area contributed by atoms with Gasteiger partial charge in [0.15, 0.2) is 11.7 Å². The number of carbonyl (C=O) groups is 1. The zero-order chi connectivity index (χ0) is 19.2. The number of aryl methyl sites for hydroxylation is 2. The van der Waals surface area contributed by atoms with Gasteiger partial charge in [0.2, 0.25) is 5.91 Å². The Morgan fingerprint density at radius 2 is 1.93 bits per heavy atom. The van der Waals surface area contributed by atoms with Gasteiger partial charge in [0.05, 0.1) is 25.5 Å². The van der Waals surface area contributed by atoms with Crippen molar-refractivity contribution in [1.29, 1.82) is 0 Å². The lowest BCUT2D eigenvalue weighted by Crippen LogP contribution is -2.24. The fraction of sp³-hybridized carbons (Fsp3) is 0.286. The van der Waals surface area contributed by atoms with E-state index in [-0.39, 0.29) is 5.91 Å². The topological polar surface area (TPSA) is 77.2 Å². The number of carbonyl (C=O) groups excluding carboxylic acids is 1. The molecule has 0 saturated heterocycles. The number of methoxy groups -OCH3 is 1. The van der Waals surface area contributed by atoms with Crippen LogP contribution in [0.4, 0.5) is 0 Å². The fourth-order valence-electron chi connectivity index (χ4n) is 2.90. The largest absolute Gasteiger partial charge is 0.496 e. The lowest BCUT2D eigenvalue weighted by Gasteiger charge is -2.12. The molecule has 2 heterocycles. The van der Waals surface area contributed by atoms with Gasteiger partial charge in [0.1, 0.15) is 5.75 Å². The number of rotatable bonds is 7. The highest BCUT2D eigenvalue weighted by Gasteiger charge is 2.12. The van der Waals surface area contributed by atoms with Crippen molar-refractivity contribution in [2.45, 2.75) is 33.2 Å². The van der Waals surface area contributed by atoms with Crippen LogP contribution in [0, 0.1) is 13.8 Å². The summed E-state index contributed by atoms with van der Waals surface area (Å²) in [7, 11) is 1.64. The SMILES string of the molecule is COc1c(C)cnc(CNC(=O)CCc2ncc(-c3ccccc3)o2)c1C. The normalized spacial score (nSPS) is 10.6. The lowest BCUT2D eigenvalue weighted by atomic mass is 10.1. The predicted octanol–water partition coefficient (Wildman–Crippen LogP) is 3.61. The summed E-state index contributed by atoms with van der Waals surface area (Å²) in [5, 5.41) is 2.89. The van der Waals surface area contributed by atoms with Gasteiger partial charge in [-0.05, 0) is 13.8 Å². The van der Waals surface area contributed by atoms with Crippen molar-refractivity contribution in [2.75, 3.05) is 7.11 Å². The van der Waals surface area contributed by atoms with Gasteiger partial charge in [-0.1, -0.05) is 30.3 Å². The molecule has 0 spiro atoms. The average Bonchev–Trinajstić information content (AvgIpc) is 3.16. The number of pyridine rings is 1. The van der Waals surface area contributed by atoms with Gasteiger partial charge in [-0.3, -0.25) is 9.78 Å². The molecule has 1 N–H and O–H groups in total. The molecule has 3 rings (SSSR count). The molecule has 1 amide bonds. The lowest BCUT2D eigenvalue weighted by molar-refractivity contribution is -0.121. The molecule has 0 fully saturated rings. The van der Waals surface area contributed by atoms with Gasteiger partial charge >= 0.3 is 0 Å². The molecule has 0 aliphatic rings. The monoisotopic (exact) mass is 365 g/mol. The summed E-state index contributed by atoms with van der Waals surface area (Å²) >= 11 is 0. The highest BCUT2D eigenvalue weighted by molar-refractivity contribution is 5.76. The molecule has 6 nitrogen and oxygen atoms in total. The Kier molecular flexibility index (Phi) is 5.86. The van der Waals surface area contributed by atoms with E-state index in [0.717, 1.165) is 28.1 Å². The Morgan fingerprint density at radius 1 is 1.15 bits per heavy atom. The first-order chi connectivity index (χ1) is 13.1. The van der Waals surface area contributed by atoms with Crippen molar-refractivity contribution in [3.63, 3.8) is 0 Å². The summed E-state index contributed by atoms with van der Waals surface area (Å²) in [6.45, 7) is 4.25. The average molecular weight is 365 g/mol. The molecule has 0 unspecified atom stereocenters. The molecule has 0 saturated carbocycles. The zero-order valence-corrected chi connectivity index (χ0v) is 15.8. The molecule has 140 valence electrons. The first-order valence-electron chi connectivity index (χ1n) is 8.84. The summed E-state index contributed by atoms with van der Waals surface area (Å²) in [4.78, 5) is 20.8. The van der Waals surface area contributed by atoms with Crippen molar-refractivity contribution < 1.29 is 13.9 Å². The first-order valence-corrected chi connectivity index (χ1v) is 8.84. The van der Waals surface area contributed by atoms with Crippen molar-refractivity contribution >= 4 is 5.91 Å². The summed E-state index contributed by atoms with van der Waals surface area (Å²) in [5.41, 5.74) is 3.69. The fourth-order valence-corrected chi connectivity index (χ4v) is 2.90. The molecule has 0 bridgehead atoms. The highest BCUT2D eigenvalue weighted by Crippen LogP contribution is 2.24. The third-order valence-electron chi connectivity index (χ3n) is 4.38. The van der Waals surface area contributed by atoms with Crippen LogP contribution in [0.15, 0.2) is 47.1 Å². The van der Waals surface area contributed by atoms with Crippen LogP contribution in [0.2, 0.25) is 0 Å². The third-order valence-corrected chi connectivity index (χ3v) is 4.38. The minimum Gasteiger partial charge on any atom is -0.496 e. The Hall–Kier alpha value is -3.15. The second-order valence-corrected chi connectivity index (χ2v) is 6.31. The number of aromatic nitrogens is 2. The van der Waals surface area contributed by atoms with Crippen LogP contribution in [-0.4, -0.2) is 23.0 Å². The quantitative estimate of drug-likeness (QED) is 0.692. The van der Waals surface area contributed by atoms with Gasteiger partial charge in [0.25, 0.3) is 0 Å². The molecular weight excluding hydrogens is 342 g/mol. The van der Waals surface area contributed by atoms with Crippen LogP contribution in [-0.2, 0) is 17.8 Å². The maximum Gasteiger partial charge on any atom is 0.220 e. The molecule has 2 aromatic heterocycles. The van der Waals surface area contributed by atoms with E-state index in [2.05, 4.69) is 15.3 Å². The number of benzene rings is 1. The molecule has 3 aromatic rings. The van der Waals surface area contributed by atoms with E-state index in [0.29, 0.717) is 31.0 Å². The summed E-state index contributed by atoms with van der Waals surface area (Å²) in [6, 6.07) is 9.76. The molecule has 0 radical (unpaired) electrons. The summed E-state index contributed by atoms with van der Waals surface area (Å²) < 4.78 is 11.1. The van der Waals surface area contributed by atoms with Crippen LogP contribution in [0.25, 0.3) is 11.3 Å². The van der Waals surface area contributed by atoms with Crippen LogP contribution in [0.5, 0.6) is 5.75 Å². The smallest absolute Gasteiger partial charge is 0.220 e. The van der Waals surface area contributed by atoms with Gasteiger partial charge < -0.3 is 14.5 Å². The van der Waals surface area contributed by atoms with E-state index in [1.165, 1.54) is 0 Å². The van der Waals surface area contributed by atoms with E-state index in [9.17, 15) is 4.79 Å². The van der Waals surface area contributed by atoms with Crippen LogP contribution in [0.1, 0.15) is 29.1 Å². The summed E-state index contributed by atoms with van der Waals surface area (Å²) in [6.07, 6.45) is 4.19. The van der Waals surface area contributed by atoms with Crippen LogP contribution < -0.4 is 10.1 Å². The van der Waals surface area contributed by atoms with Gasteiger partial charge in [-0.2, -0.15) is 0 Å². The number of nitrogens with zero attached hydrogens (tertiary/aromatic N) is 2. The second kappa shape index (κ2) is 8.49. The number of ether oxygens (including phenoxy) is 1. The minimum atomic E-state index is -0.0739. The minimum absolute atomic E-state index is 0.0739. The molecule has 27 heavy (non-hydrogen) atoms. The molecular formula is C21H23N3O3. The molecule has 0 atom stereocenters. The Labute approximate surface area is 158 Å². The van der Waals surface area contributed by atoms with Crippen molar-refractivity contribution in [3.05, 3.63) is 65.4 Å². The Bertz CT molecular complexity index is 920. The van der Waals surface area contributed by atoms with Crippen molar-refractivity contribution in [1.82, 2.24) is 15.3 Å². The van der Waals surface area contributed by atoms with E-state index >= 15 is 0 Å². The van der Waals surface area contributed by atoms with Crippen LogP contribution >= 0.6 is 0 Å². The van der Waals surface area contributed by atoms with Crippen molar-refractivity contribution in [3.8, 4) is 17.1 Å². The second-order valence-electron chi connectivity index (χ2n) is 6.31. The number of hydrogen-bond acceptors (Lipinski definition) is 5. The summed E-state index contributed by atoms with van der Waals surface area (Å²) in [5.74, 6) is 1.99. The van der Waals surface area contributed by atoms with Crippen molar-refractivity contribution in [2.24, 2.45) is 0 Å². The molecule has 0 aliphatic heterocycles. The van der Waals surface area contributed by atoms with E-state index in [1.54, 1.807) is 19.5 Å². The number of nitrogens with one attached hydrogen (secondary N) is 1. The van der Waals surface area contributed by atoms with E-state index < -0.39 is 0 Å². The number of hydrogen-bond donors (Lipinski definition) is 1. The van der Waals surface area contributed by atoms with E-state index in [1.807, 2.05) is 44.2 Å². The highest BCUT2D eigenvalue weighted by atomic mass is 16.5. The standard InChI is InChI=1S/C21H23N3O3/c1-14-11-22-17(15(2)21(14)26-3)12-23-19(25)9-10-20-24-13-18(27-20)16-7-5-4-6-8-16/h4-8,11,13H,9-10,12H2,1-3H3,(H,23,25). The zero-order valence-electron chi connectivity index (χ0n) is 15.8. The molecule has 0 aliphatic carbocycles. The van der Waals surface area contributed by atoms with Crippen LogP contribution in [0.3, 0.4) is 0 Å². The van der Waals surface area contributed by atoms with Gasteiger partial charge in [-0.15, -0.1) is 0 Å². The Balaban J connectivity index is 1.53. The first kappa shape index (κ1) is 18.6.